The van der Waals surface area contributed by atoms with E-state index < -0.39 is 0 Å². The molecule has 1 aliphatic rings. The fourth-order valence-corrected chi connectivity index (χ4v) is 2.86. The van der Waals surface area contributed by atoms with Crippen molar-refractivity contribution in [2.45, 2.75) is 32.7 Å². The first kappa shape index (κ1) is 15.4. The van der Waals surface area contributed by atoms with Gasteiger partial charge in [0.15, 0.2) is 0 Å². The van der Waals surface area contributed by atoms with Crippen LogP contribution in [0.1, 0.15) is 30.9 Å². The van der Waals surface area contributed by atoms with Crippen molar-refractivity contribution >= 4 is 5.69 Å². The van der Waals surface area contributed by atoms with E-state index in [1.165, 1.54) is 5.69 Å². The Hall–Kier alpha value is -2.04. The van der Waals surface area contributed by atoms with E-state index in [4.69, 9.17) is 5.26 Å². The van der Waals surface area contributed by atoms with Crippen LogP contribution >= 0.6 is 0 Å². The lowest BCUT2D eigenvalue weighted by atomic mass is 10.1. The molecule has 0 amide bonds. The summed E-state index contributed by atoms with van der Waals surface area (Å²) in [5.41, 5.74) is 2.94. The summed E-state index contributed by atoms with van der Waals surface area (Å²) in [6, 6.07) is 10.7. The van der Waals surface area contributed by atoms with Crippen molar-refractivity contribution in [1.29, 1.82) is 10.5 Å². The smallest absolute Gasteiger partial charge is 0.0994 e. The largest absolute Gasteiger partial charge is 0.369 e. The number of benzene rings is 1. The summed E-state index contributed by atoms with van der Waals surface area (Å²) < 4.78 is 0. The summed E-state index contributed by atoms with van der Waals surface area (Å²) in [6.45, 7) is 7.83. The van der Waals surface area contributed by atoms with Crippen molar-refractivity contribution in [2.75, 3.05) is 31.1 Å². The average Bonchev–Trinajstić information content (AvgIpc) is 2.52. The molecule has 1 aliphatic heterocycles. The number of aryl methyl sites for hydroxylation is 1. The standard InChI is InChI=1S/C17H22N4/c1-3-4-17(13-19)21-9-7-20(8-10-21)16-6-5-15(12-18)14(2)11-16/h5-6,11,17H,3-4,7-10H2,1-2H3. The highest BCUT2D eigenvalue weighted by Gasteiger charge is 2.23. The molecule has 1 aromatic carbocycles. The van der Waals surface area contributed by atoms with Crippen LogP contribution in [0.4, 0.5) is 5.69 Å². The summed E-state index contributed by atoms with van der Waals surface area (Å²) >= 11 is 0. The van der Waals surface area contributed by atoms with Gasteiger partial charge in [-0.05, 0) is 37.1 Å². The molecule has 0 spiro atoms. The molecule has 0 aromatic heterocycles. The first-order chi connectivity index (χ1) is 10.2. The van der Waals surface area contributed by atoms with Gasteiger partial charge in [0.2, 0.25) is 0 Å². The molecule has 0 N–H and O–H groups in total. The van der Waals surface area contributed by atoms with Crippen molar-refractivity contribution in [3.63, 3.8) is 0 Å². The molecular formula is C17H22N4. The zero-order chi connectivity index (χ0) is 15.2. The molecular weight excluding hydrogens is 260 g/mol. The topological polar surface area (TPSA) is 54.1 Å². The van der Waals surface area contributed by atoms with E-state index in [0.717, 1.165) is 50.1 Å². The lowest BCUT2D eigenvalue weighted by Gasteiger charge is -2.38. The van der Waals surface area contributed by atoms with Crippen LogP contribution in [0.3, 0.4) is 0 Å². The minimum atomic E-state index is 0.0554. The second kappa shape index (κ2) is 7.11. The number of hydrogen-bond donors (Lipinski definition) is 0. The summed E-state index contributed by atoms with van der Waals surface area (Å²) in [6.07, 6.45) is 2.00. The van der Waals surface area contributed by atoms with Crippen LogP contribution in [0, 0.1) is 29.6 Å². The third-order valence-corrected chi connectivity index (χ3v) is 4.16. The molecule has 1 fully saturated rings. The Balaban J connectivity index is 2.00. The van der Waals surface area contributed by atoms with Crippen molar-refractivity contribution in [3.8, 4) is 12.1 Å². The van der Waals surface area contributed by atoms with Gasteiger partial charge in [-0.2, -0.15) is 10.5 Å². The predicted molar refractivity (Wildman–Crippen MR) is 84.0 cm³/mol. The van der Waals surface area contributed by atoms with Crippen LogP contribution in [0.5, 0.6) is 0 Å². The molecule has 2 rings (SSSR count). The van der Waals surface area contributed by atoms with E-state index in [0.29, 0.717) is 0 Å². The van der Waals surface area contributed by atoms with Gasteiger partial charge in [-0.15, -0.1) is 0 Å². The molecule has 4 nitrogen and oxygen atoms in total. The van der Waals surface area contributed by atoms with Gasteiger partial charge in [-0.1, -0.05) is 13.3 Å². The normalized spacial score (nSPS) is 17.0. The SMILES string of the molecule is CCCC(C#N)N1CCN(c2ccc(C#N)c(C)c2)CC1. The van der Waals surface area contributed by atoms with Crippen molar-refractivity contribution in [1.82, 2.24) is 4.90 Å². The summed E-state index contributed by atoms with van der Waals surface area (Å²) in [5.74, 6) is 0. The van der Waals surface area contributed by atoms with Gasteiger partial charge >= 0.3 is 0 Å². The lowest BCUT2D eigenvalue weighted by molar-refractivity contribution is 0.211. The Kier molecular flexibility index (Phi) is 5.20. The first-order valence-electron chi connectivity index (χ1n) is 7.59. The van der Waals surface area contributed by atoms with Crippen molar-refractivity contribution < 1.29 is 0 Å². The average molecular weight is 282 g/mol. The van der Waals surface area contributed by atoms with Gasteiger partial charge in [0.25, 0.3) is 0 Å². The highest BCUT2D eigenvalue weighted by atomic mass is 15.3. The van der Waals surface area contributed by atoms with Gasteiger partial charge < -0.3 is 4.90 Å². The van der Waals surface area contributed by atoms with E-state index in [1.54, 1.807) is 0 Å². The van der Waals surface area contributed by atoms with E-state index in [1.807, 2.05) is 19.1 Å². The molecule has 1 atom stereocenters. The fraction of sp³-hybridized carbons (Fsp3) is 0.529. The highest BCUT2D eigenvalue weighted by Crippen LogP contribution is 2.21. The Morgan fingerprint density at radius 1 is 1.19 bits per heavy atom. The maximum absolute atomic E-state index is 9.25. The highest BCUT2D eigenvalue weighted by molar-refractivity contribution is 5.53. The number of piperazine rings is 1. The number of anilines is 1. The molecule has 0 bridgehead atoms. The van der Waals surface area contributed by atoms with Crippen LogP contribution in [0.15, 0.2) is 18.2 Å². The van der Waals surface area contributed by atoms with Crippen LogP contribution in [0.2, 0.25) is 0 Å². The molecule has 0 aliphatic carbocycles. The van der Waals surface area contributed by atoms with Crippen LogP contribution < -0.4 is 4.90 Å². The molecule has 1 heterocycles. The predicted octanol–water partition coefficient (Wildman–Crippen LogP) is 2.68. The number of rotatable bonds is 4. The van der Waals surface area contributed by atoms with E-state index >= 15 is 0 Å². The van der Waals surface area contributed by atoms with Crippen molar-refractivity contribution in [3.05, 3.63) is 29.3 Å². The van der Waals surface area contributed by atoms with Gasteiger partial charge in [-0.25, -0.2) is 0 Å². The van der Waals surface area contributed by atoms with Crippen LogP contribution in [-0.2, 0) is 0 Å². The Labute approximate surface area is 127 Å². The summed E-state index contributed by atoms with van der Waals surface area (Å²) in [4.78, 5) is 4.63. The zero-order valence-corrected chi connectivity index (χ0v) is 12.8. The molecule has 1 aromatic rings. The molecule has 21 heavy (non-hydrogen) atoms. The second-order valence-electron chi connectivity index (χ2n) is 5.57. The quantitative estimate of drug-likeness (QED) is 0.852. The maximum Gasteiger partial charge on any atom is 0.0994 e. The van der Waals surface area contributed by atoms with E-state index in [9.17, 15) is 5.26 Å². The molecule has 0 radical (unpaired) electrons. The Morgan fingerprint density at radius 3 is 2.43 bits per heavy atom. The van der Waals surface area contributed by atoms with Gasteiger partial charge in [0, 0.05) is 31.9 Å². The van der Waals surface area contributed by atoms with Gasteiger partial charge in [0.05, 0.1) is 23.7 Å². The van der Waals surface area contributed by atoms with E-state index in [2.05, 4.69) is 34.9 Å². The fourth-order valence-electron chi connectivity index (χ4n) is 2.86. The zero-order valence-electron chi connectivity index (χ0n) is 12.8. The molecule has 4 heteroatoms. The maximum atomic E-state index is 9.25. The monoisotopic (exact) mass is 282 g/mol. The molecule has 1 saturated heterocycles. The number of nitrogens with zero attached hydrogens (tertiary/aromatic N) is 4. The first-order valence-corrected chi connectivity index (χ1v) is 7.59. The Morgan fingerprint density at radius 2 is 1.90 bits per heavy atom. The minimum Gasteiger partial charge on any atom is -0.369 e. The van der Waals surface area contributed by atoms with Gasteiger partial charge in [-0.3, -0.25) is 4.90 Å². The summed E-state index contributed by atoms with van der Waals surface area (Å²) in [5, 5.41) is 18.2. The van der Waals surface area contributed by atoms with Crippen LogP contribution in [0.25, 0.3) is 0 Å². The van der Waals surface area contributed by atoms with Crippen LogP contribution in [-0.4, -0.2) is 37.1 Å². The van der Waals surface area contributed by atoms with Gasteiger partial charge in [0.1, 0.15) is 0 Å². The molecule has 0 saturated carbocycles. The van der Waals surface area contributed by atoms with Crippen molar-refractivity contribution in [2.24, 2.45) is 0 Å². The Bertz CT molecular complexity index is 559. The third kappa shape index (κ3) is 3.54. The number of nitriles is 2. The molecule has 1 unspecified atom stereocenters. The van der Waals surface area contributed by atoms with E-state index in [-0.39, 0.29) is 6.04 Å². The third-order valence-electron chi connectivity index (χ3n) is 4.16. The minimum absolute atomic E-state index is 0.0554. The number of hydrogen-bond acceptors (Lipinski definition) is 4. The second-order valence-corrected chi connectivity index (χ2v) is 5.57. The molecule has 110 valence electrons. The summed E-state index contributed by atoms with van der Waals surface area (Å²) in [7, 11) is 0. The lowest BCUT2D eigenvalue weighted by Crippen LogP contribution is -2.50.